The number of alkyl halides is 3. The number of aldehydes is 1. The number of imide groups is 1. The Morgan fingerprint density at radius 3 is 2.08 bits per heavy atom. The van der Waals surface area contributed by atoms with Crippen molar-refractivity contribution < 1.29 is 27.6 Å². The first kappa shape index (κ1) is 27.1. The van der Waals surface area contributed by atoms with E-state index < -0.39 is 24.4 Å². The first-order valence-corrected chi connectivity index (χ1v) is 11.2. The Labute approximate surface area is 211 Å². The molecule has 2 amide bonds. The molecule has 10 heteroatoms. The molecule has 37 heavy (non-hydrogen) atoms. The fourth-order valence-corrected chi connectivity index (χ4v) is 4.12. The number of anilines is 1. The highest BCUT2D eigenvalue weighted by Crippen LogP contribution is 2.34. The van der Waals surface area contributed by atoms with Gasteiger partial charge in [-0.25, -0.2) is 4.98 Å². The fraction of sp³-hybridized carbons (Fsp3) is 0.222. The summed E-state index contributed by atoms with van der Waals surface area (Å²) < 4.78 is 31.2. The average molecular weight is 509 g/mol. The summed E-state index contributed by atoms with van der Waals surface area (Å²) in [5.74, 6) is -1.03. The van der Waals surface area contributed by atoms with Gasteiger partial charge in [-0.15, -0.1) is 0 Å². The van der Waals surface area contributed by atoms with E-state index in [2.05, 4.69) is 11.1 Å². The second-order valence-corrected chi connectivity index (χ2v) is 8.31. The number of nitrogen functional groups attached to an aromatic ring is 1. The van der Waals surface area contributed by atoms with Crippen LogP contribution in [0.4, 0.5) is 19.0 Å². The van der Waals surface area contributed by atoms with Crippen LogP contribution < -0.4 is 5.73 Å². The average Bonchev–Trinajstić information content (AvgIpc) is 2.89. The Morgan fingerprint density at radius 1 is 1.08 bits per heavy atom. The highest BCUT2D eigenvalue weighted by atomic mass is 19.4. The van der Waals surface area contributed by atoms with E-state index in [0.717, 1.165) is 21.6 Å². The molecular weight excluding hydrogens is 485 g/mol. The lowest BCUT2D eigenvalue weighted by Crippen LogP contribution is -2.63. The number of hydrogen-bond acceptors (Lipinski definition) is 6. The number of rotatable bonds is 6. The lowest BCUT2D eigenvalue weighted by atomic mass is 9.81. The predicted octanol–water partition coefficient (Wildman–Crippen LogP) is 4.05. The van der Waals surface area contributed by atoms with Gasteiger partial charge < -0.3 is 5.73 Å². The van der Waals surface area contributed by atoms with E-state index in [1.807, 2.05) is 60.7 Å². The standard InChI is InChI=1S/C25H22N4O2.C2HF3O/c26-16-22-21(13-17-11-12-28-23(27)14-17)25(31)29(22)24(30)15-20(18-7-3-1-4-8-18)19-9-5-2-6-10-19;3-2(4,5)1-6/h1-12,14,20-22H,13,15H2,(H2,27,28);1H/t21?,22-;/m1./s1. The van der Waals surface area contributed by atoms with Crippen LogP contribution in [0.1, 0.15) is 29.0 Å². The summed E-state index contributed by atoms with van der Waals surface area (Å²) in [4.78, 5) is 39.7. The molecule has 7 nitrogen and oxygen atoms in total. The van der Waals surface area contributed by atoms with E-state index in [1.165, 1.54) is 0 Å². The van der Waals surface area contributed by atoms with Crippen molar-refractivity contribution in [1.29, 1.82) is 5.26 Å². The van der Waals surface area contributed by atoms with E-state index >= 15 is 0 Å². The molecule has 0 spiro atoms. The molecule has 2 aromatic carbocycles. The highest BCUT2D eigenvalue weighted by Gasteiger charge is 2.50. The van der Waals surface area contributed by atoms with Gasteiger partial charge in [0.15, 0.2) is 0 Å². The zero-order chi connectivity index (χ0) is 27.0. The molecule has 190 valence electrons. The van der Waals surface area contributed by atoms with Gasteiger partial charge in [0.1, 0.15) is 11.9 Å². The van der Waals surface area contributed by atoms with Gasteiger partial charge in [-0.1, -0.05) is 60.7 Å². The number of nitrogens with two attached hydrogens (primary N) is 1. The van der Waals surface area contributed by atoms with Crippen molar-refractivity contribution in [1.82, 2.24) is 9.88 Å². The van der Waals surface area contributed by atoms with Crippen molar-refractivity contribution in [2.75, 3.05) is 5.73 Å². The summed E-state index contributed by atoms with van der Waals surface area (Å²) in [6.07, 6.45) is -3.66. The molecule has 1 aromatic heterocycles. The minimum absolute atomic E-state index is 0.118. The van der Waals surface area contributed by atoms with Gasteiger partial charge in [-0.3, -0.25) is 19.3 Å². The number of β-lactam (4-membered cyclic amide) rings is 1. The molecular formula is C27H23F3N4O3. The predicted molar refractivity (Wildman–Crippen MR) is 129 cm³/mol. The third-order valence-electron chi connectivity index (χ3n) is 5.83. The molecule has 2 heterocycles. The zero-order valence-corrected chi connectivity index (χ0v) is 19.5. The summed E-state index contributed by atoms with van der Waals surface area (Å²) in [5, 5.41) is 9.66. The van der Waals surface area contributed by atoms with Crippen LogP contribution in [0.25, 0.3) is 0 Å². The second kappa shape index (κ2) is 11.9. The van der Waals surface area contributed by atoms with E-state index in [4.69, 9.17) is 10.5 Å². The van der Waals surface area contributed by atoms with E-state index in [-0.39, 0.29) is 24.2 Å². The number of pyridine rings is 1. The van der Waals surface area contributed by atoms with Crippen LogP contribution in [0.3, 0.4) is 0 Å². The minimum atomic E-state index is -4.64. The molecule has 0 bridgehead atoms. The molecule has 1 unspecified atom stereocenters. The van der Waals surface area contributed by atoms with Crippen LogP contribution in [0.5, 0.6) is 0 Å². The first-order chi connectivity index (χ1) is 17.6. The maximum Gasteiger partial charge on any atom is 0.446 e. The Hall–Kier alpha value is -4.52. The molecule has 2 N–H and O–H groups in total. The van der Waals surface area contributed by atoms with Gasteiger partial charge >= 0.3 is 6.18 Å². The monoisotopic (exact) mass is 508 g/mol. The van der Waals surface area contributed by atoms with E-state index in [0.29, 0.717) is 12.2 Å². The fourth-order valence-electron chi connectivity index (χ4n) is 4.12. The largest absolute Gasteiger partial charge is 0.446 e. The molecule has 4 rings (SSSR count). The van der Waals surface area contributed by atoms with E-state index in [9.17, 15) is 28.0 Å². The second-order valence-electron chi connectivity index (χ2n) is 8.31. The molecule has 0 saturated carbocycles. The van der Waals surface area contributed by atoms with Crippen molar-refractivity contribution in [2.24, 2.45) is 5.92 Å². The van der Waals surface area contributed by atoms with Crippen molar-refractivity contribution in [3.8, 4) is 6.07 Å². The topological polar surface area (TPSA) is 117 Å². The third-order valence-corrected chi connectivity index (χ3v) is 5.83. The molecule has 3 aromatic rings. The number of hydrogen-bond donors (Lipinski definition) is 1. The Kier molecular flexibility index (Phi) is 8.74. The number of amides is 2. The minimum Gasteiger partial charge on any atom is -0.384 e. The molecule has 1 saturated heterocycles. The number of likely N-dealkylation sites (tertiary alicyclic amines) is 1. The molecule has 2 atom stereocenters. The summed E-state index contributed by atoms with van der Waals surface area (Å²) >= 11 is 0. The Bertz CT molecular complexity index is 1240. The highest BCUT2D eigenvalue weighted by molar-refractivity contribution is 6.03. The van der Waals surface area contributed by atoms with Crippen LogP contribution in [-0.4, -0.2) is 40.2 Å². The number of carbonyl (C=O) groups excluding carboxylic acids is 3. The Balaban J connectivity index is 0.000000568. The summed E-state index contributed by atoms with van der Waals surface area (Å²) in [7, 11) is 0. The molecule has 1 fully saturated rings. The first-order valence-electron chi connectivity index (χ1n) is 11.2. The van der Waals surface area contributed by atoms with Gasteiger partial charge in [0.05, 0.1) is 12.0 Å². The zero-order valence-electron chi connectivity index (χ0n) is 19.5. The number of nitrogens with zero attached hydrogens (tertiary/aromatic N) is 3. The number of carbonyl (C=O) groups is 3. The van der Waals surface area contributed by atoms with Crippen LogP contribution in [-0.2, 0) is 20.8 Å². The van der Waals surface area contributed by atoms with Crippen molar-refractivity contribution >= 4 is 23.9 Å². The van der Waals surface area contributed by atoms with Crippen LogP contribution in [0.15, 0.2) is 79.0 Å². The van der Waals surface area contributed by atoms with Gasteiger partial charge in [0.25, 0.3) is 0 Å². The lowest BCUT2D eigenvalue weighted by Gasteiger charge is -2.42. The van der Waals surface area contributed by atoms with Crippen LogP contribution >= 0.6 is 0 Å². The number of aromatic nitrogens is 1. The quantitative estimate of drug-likeness (QED) is 0.397. The molecule has 0 aliphatic carbocycles. The molecule has 1 aliphatic heterocycles. The van der Waals surface area contributed by atoms with Crippen molar-refractivity contribution in [3.63, 3.8) is 0 Å². The smallest absolute Gasteiger partial charge is 0.384 e. The maximum atomic E-state index is 13.1. The van der Waals surface area contributed by atoms with Crippen molar-refractivity contribution in [2.45, 2.75) is 31.0 Å². The van der Waals surface area contributed by atoms with Crippen LogP contribution in [0.2, 0.25) is 0 Å². The van der Waals surface area contributed by atoms with Gasteiger partial charge in [0.2, 0.25) is 18.1 Å². The van der Waals surface area contributed by atoms with Gasteiger partial charge in [-0.05, 0) is 35.2 Å². The summed E-state index contributed by atoms with van der Waals surface area (Å²) in [6, 6.07) is 24.3. The third kappa shape index (κ3) is 7.01. The van der Waals surface area contributed by atoms with Crippen molar-refractivity contribution in [3.05, 3.63) is 95.7 Å². The SMILES string of the molecule is N#C[C@@H]1C(Cc2ccnc(N)c2)C(=O)N1C(=O)CC(c1ccccc1)c1ccccc1.O=CC(F)(F)F. The number of halogens is 3. The number of nitriles is 1. The van der Waals surface area contributed by atoms with Gasteiger partial charge in [0, 0.05) is 18.5 Å². The lowest BCUT2D eigenvalue weighted by molar-refractivity contribution is -0.163. The van der Waals surface area contributed by atoms with E-state index in [1.54, 1.807) is 18.3 Å². The summed E-state index contributed by atoms with van der Waals surface area (Å²) in [5.41, 5.74) is 8.52. The van der Waals surface area contributed by atoms with Gasteiger partial charge in [-0.2, -0.15) is 18.4 Å². The summed E-state index contributed by atoms with van der Waals surface area (Å²) in [6.45, 7) is 0. The number of benzene rings is 2. The maximum absolute atomic E-state index is 13.1. The Morgan fingerprint density at radius 2 is 1.62 bits per heavy atom. The normalized spacial score (nSPS) is 16.7. The van der Waals surface area contributed by atoms with Crippen LogP contribution in [0, 0.1) is 17.2 Å². The molecule has 0 radical (unpaired) electrons. The molecule has 1 aliphatic rings.